The van der Waals surface area contributed by atoms with Gasteiger partial charge in [0.2, 0.25) is 21.9 Å². The molecular formula is C20H28N8O3S. The number of rotatable bonds is 4. The van der Waals surface area contributed by atoms with E-state index in [-0.39, 0.29) is 18.0 Å². The molecule has 12 heteroatoms. The number of hydrogen-bond acceptors (Lipinski definition) is 10. The quantitative estimate of drug-likeness (QED) is 0.672. The molecule has 0 saturated carbocycles. The normalized spacial score (nSPS) is 24.2. The summed E-state index contributed by atoms with van der Waals surface area (Å²) in [5.74, 6) is 1.74. The summed E-state index contributed by atoms with van der Waals surface area (Å²) in [5.41, 5.74) is 8.35. The first-order valence-corrected chi connectivity index (χ1v) is 12.7. The number of sulfonamides is 1. The Kier molecular flexibility index (Phi) is 5.38. The summed E-state index contributed by atoms with van der Waals surface area (Å²) in [7, 11) is -3.21. The van der Waals surface area contributed by atoms with Gasteiger partial charge in [-0.05, 0) is 19.8 Å². The van der Waals surface area contributed by atoms with Crippen LogP contribution in [0.1, 0.15) is 18.9 Å². The number of nitrogens with zero attached hydrogens (tertiary/aromatic N) is 7. The van der Waals surface area contributed by atoms with Crippen molar-refractivity contribution in [3.05, 3.63) is 18.0 Å². The average Bonchev–Trinajstić information content (AvgIpc) is 3.41. The first-order chi connectivity index (χ1) is 15.3. The van der Waals surface area contributed by atoms with Crippen molar-refractivity contribution in [3.8, 4) is 11.3 Å². The summed E-state index contributed by atoms with van der Waals surface area (Å²) < 4.78 is 31.2. The van der Waals surface area contributed by atoms with Crippen LogP contribution in [0, 0.1) is 0 Å². The molecule has 2 aromatic rings. The van der Waals surface area contributed by atoms with Gasteiger partial charge in [-0.2, -0.15) is 4.98 Å². The van der Waals surface area contributed by atoms with Gasteiger partial charge in [0.05, 0.1) is 31.2 Å². The molecule has 2 atom stereocenters. The number of anilines is 3. The Balaban J connectivity index is 1.56. The van der Waals surface area contributed by atoms with E-state index in [1.165, 1.54) is 6.26 Å². The zero-order chi connectivity index (χ0) is 22.5. The lowest BCUT2D eigenvalue weighted by Gasteiger charge is -2.34. The van der Waals surface area contributed by atoms with E-state index >= 15 is 0 Å². The summed E-state index contributed by atoms with van der Waals surface area (Å²) in [5, 5.41) is 0. The number of nitrogens with two attached hydrogens (primary N) is 1. The van der Waals surface area contributed by atoms with E-state index in [1.807, 2.05) is 0 Å². The largest absolute Gasteiger partial charge is 0.377 e. The summed E-state index contributed by atoms with van der Waals surface area (Å²) in [6.07, 6.45) is 6.22. The van der Waals surface area contributed by atoms with Crippen LogP contribution in [0.25, 0.3) is 11.3 Å². The lowest BCUT2D eigenvalue weighted by molar-refractivity contribution is 0.0981. The van der Waals surface area contributed by atoms with Gasteiger partial charge in [0.25, 0.3) is 0 Å². The van der Waals surface area contributed by atoms with Crippen molar-refractivity contribution in [2.24, 2.45) is 0 Å². The number of hydrogen-bond donors (Lipinski definition) is 1. The first kappa shape index (κ1) is 21.3. The summed E-state index contributed by atoms with van der Waals surface area (Å²) in [6.45, 7) is 5.84. The lowest BCUT2D eigenvalue weighted by atomic mass is 10.1. The average molecular weight is 461 g/mol. The molecule has 2 N–H and O–H groups in total. The molecule has 2 saturated heterocycles. The van der Waals surface area contributed by atoms with Gasteiger partial charge in [0.15, 0.2) is 0 Å². The number of morpholine rings is 1. The fraction of sp³-hybridized carbons (Fsp3) is 0.600. The van der Waals surface area contributed by atoms with Crippen LogP contribution in [0.4, 0.5) is 17.7 Å². The minimum atomic E-state index is -3.21. The van der Waals surface area contributed by atoms with Gasteiger partial charge in [-0.1, -0.05) is 0 Å². The molecule has 0 bridgehead atoms. The van der Waals surface area contributed by atoms with Crippen molar-refractivity contribution >= 4 is 27.7 Å². The highest BCUT2D eigenvalue weighted by Gasteiger charge is 2.38. The summed E-state index contributed by atoms with van der Waals surface area (Å²) in [4.78, 5) is 22.7. The van der Waals surface area contributed by atoms with E-state index in [0.29, 0.717) is 38.8 Å². The third kappa shape index (κ3) is 3.86. The minimum absolute atomic E-state index is 0.0892. The van der Waals surface area contributed by atoms with Crippen LogP contribution in [0.15, 0.2) is 12.4 Å². The number of aromatic nitrogens is 4. The summed E-state index contributed by atoms with van der Waals surface area (Å²) in [6, 6.07) is 0.241. The molecule has 0 amide bonds. The topological polar surface area (TPSA) is 131 Å². The minimum Gasteiger partial charge on any atom is -0.377 e. The second-order valence-corrected chi connectivity index (χ2v) is 10.6. The molecule has 0 aromatic carbocycles. The first-order valence-electron chi connectivity index (χ1n) is 10.9. The maximum absolute atomic E-state index is 12.0. The zero-order valence-corrected chi connectivity index (χ0v) is 19.1. The van der Waals surface area contributed by atoms with Gasteiger partial charge in [-0.3, -0.25) is 0 Å². The molecule has 2 aromatic heterocycles. The summed E-state index contributed by atoms with van der Waals surface area (Å²) >= 11 is 0. The van der Waals surface area contributed by atoms with Gasteiger partial charge in [-0.25, -0.2) is 27.7 Å². The van der Waals surface area contributed by atoms with Gasteiger partial charge in [-0.15, -0.1) is 0 Å². The van der Waals surface area contributed by atoms with E-state index in [2.05, 4.69) is 26.7 Å². The Bertz CT molecular complexity index is 1110. The molecule has 3 aliphatic rings. The van der Waals surface area contributed by atoms with Crippen molar-refractivity contribution in [1.82, 2.24) is 24.2 Å². The Hall–Kier alpha value is -2.57. The van der Waals surface area contributed by atoms with Crippen molar-refractivity contribution in [2.75, 3.05) is 61.2 Å². The van der Waals surface area contributed by atoms with Crippen molar-refractivity contribution in [3.63, 3.8) is 0 Å². The Labute approximate surface area is 187 Å². The monoisotopic (exact) mass is 460 g/mol. The fourth-order valence-electron chi connectivity index (χ4n) is 4.74. The molecule has 3 aliphatic heterocycles. The maximum atomic E-state index is 12.0. The third-order valence-corrected chi connectivity index (χ3v) is 7.72. The Morgan fingerprint density at radius 1 is 1.12 bits per heavy atom. The highest BCUT2D eigenvalue weighted by molar-refractivity contribution is 7.88. The van der Waals surface area contributed by atoms with Crippen molar-refractivity contribution in [2.45, 2.75) is 31.8 Å². The molecule has 0 spiro atoms. The molecule has 32 heavy (non-hydrogen) atoms. The predicted octanol–water partition coefficient (Wildman–Crippen LogP) is 0.137. The molecule has 11 nitrogen and oxygen atoms in total. The Morgan fingerprint density at radius 3 is 2.59 bits per heavy atom. The molecule has 5 rings (SSSR count). The molecular weight excluding hydrogens is 432 g/mol. The van der Waals surface area contributed by atoms with Crippen molar-refractivity contribution in [1.29, 1.82) is 0 Å². The van der Waals surface area contributed by atoms with E-state index in [9.17, 15) is 8.42 Å². The van der Waals surface area contributed by atoms with E-state index < -0.39 is 10.0 Å². The highest BCUT2D eigenvalue weighted by Crippen LogP contribution is 2.38. The second-order valence-electron chi connectivity index (χ2n) is 8.63. The Morgan fingerprint density at radius 2 is 1.91 bits per heavy atom. The van der Waals surface area contributed by atoms with Crippen LogP contribution in [0.3, 0.4) is 0 Å². The van der Waals surface area contributed by atoms with E-state index in [4.69, 9.17) is 20.4 Å². The number of nitrogen functional groups attached to an aromatic ring is 1. The molecule has 0 unspecified atom stereocenters. The predicted molar refractivity (Wildman–Crippen MR) is 121 cm³/mol. The molecule has 0 aliphatic carbocycles. The SMILES string of the molecule is C[C@@H]1COCCN1c1nc(-c2cnc(N)nc2)c2c(n1)N([C@H]1CCN(S(C)(=O)=O)C1)CC2. The van der Waals surface area contributed by atoms with Crippen molar-refractivity contribution < 1.29 is 13.2 Å². The van der Waals surface area contributed by atoms with Gasteiger partial charge in [0, 0.05) is 55.7 Å². The van der Waals surface area contributed by atoms with Crippen LogP contribution >= 0.6 is 0 Å². The highest BCUT2D eigenvalue weighted by atomic mass is 32.2. The van der Waals surface area contributed by atoms with Crippen LogP contribution in [0.2, 0.25) is 0 Å². The third-order valence-electron chi connectivity index (χ3n) is 6.45. The van der Waals surface area contributed by atoms with Crippen LogP contribution < -0.4 is 15.5 Å². The zero-order valence-electron chi connectivity index (χ0n) is 18.3. The molecule has 0 radical (unpaired) electrons. The van der Waals surface area contributed by atoms with Crippen LogP contribution in [-0.4, -0.2) is 90.4 Å². The van der Waals surface area contributed by atoms with Crippen LogP contribution in [-0.2, 0) is 21.2 Å². The van der Waals surface area contributed by atoms with Gasteiger partial charge >= 0.3 is 0 Å². The molecule has 2 fully saturated rings. The van der Waals surface area contributed by atoms with Crippen LogP contribution in [0.5, 0.6) is 0 Å². The standard InChI is InChI=1S/C20H28N8O3S/c1-13-12-31-8-7-27(13)20-24-17(14-9-22-19(21)23-10-14)16-4-6-28(18(16)25-20)15-3-5-26(11-15)32(2,29)30/h9-10,13,15H,3-8,11-12H2,1-2H3,(H2,21,22,23)/t13-,15+/m1/s1. The van der Waals surface area contributed by atoms with E-state index in [0.717, 1.165) is 42.0 Å². The molecule has 5 heterocycles. The van der Waals surface area contributed by atoms with E-state index in [1.54, 1.807) is 16.7 Å². The second kappa shape index (κ2) is 8.09. The smallest absolute Gasteiger partial charge is 0.228 e. The number of ether oxygens (including phenoxy) is 1. The fourth-order valence-corrected chi connectivity index (χ4v) is 5.62. The van der Waals surface area contributed by atoms with Gasteiger partial charge < -0.3 is 20.3 Å². The maximum Gasteiger partial charge on any atom is 0.228 e. The number of fused-ring (bicyclic) bond motifs is 1. The van der Waals surface area contributed by atoms with Gasteiger partial charge in [0.1, 0.15) is 5.82 Å². The lowest BCUT2D eigenvalue weighted by Crippen LogP contribution is -2.45. The molecule has 172 valence electrons.